The van der Waals surface area contributed by atoms with E-state index in [2.05, 4.69) is 36.5 Å². The van der Waals surface area contributed by atoms with Crippen molar-refractivity contribution < 1.29 is 4.79 Å². The van der Waals surface area contributed by atoms with Gasteiger partial charge in [-0.25, -0.2) is 4.98 Å². The molecular formula is C16H13BrN4O. The van der Waals surface area contributed by atoms with E-state index in [0.717, 1.165) is 10.2 Å². The Balaban J connectivity index is 1.81. The van der Waals surface area contributed by atoms with Crippen molar-refractivity contribution >= 4 is 39.2 Å². The lowest BCUT2D eigenvalue weighted by Gasteiger charge is -2.11. The lowest BCUT2D eigenvalue weighted by molar-refractivity contribution is -0.113. The molecule has 0 saturated heterocycles. The van der Waals surface area contributed by atoms with E-state index in [1.54, 1.807) is 12.3 Å². The number of rotatable bonds is 4. The predicted molar refractivity (Wildman–Crippen MR) is 89.9 cm³/mol. The predicted octanol–water partition coefficient (Wildman–Crippen LogP) is 3.81. The second kappa shape index (κ2) is 6.53. The first-order chi connectivity index (χ1) is 10.7. The van der Waals surface area contributed by atoms with E-state index in [1.807, 2.05) is 42.5 Å². The van der Waals surface area contributed by atoms with Gasteiger partial charge in [-0.3, -0.25) is 4.79 Å². The van der Waals surface area contributed by atoms with Gasteiger partial charge in [-0.1, -0.05) is 24.3 Å². The van der Waals surface area contributed by atoms with Crippen LogP contribution < -0.4 is 10.6 Å². The van der Waals surface area contributed by atoms with Gasteiger partial charge < -0.3 is 10.6 Å². The lowest BCUT2D eigenvalue weighted by atomic mass is 10.1. The molecule has 22 heavy (non-hydrogen) atoms. The average Bonchev–Trinajstić information content (AvgIpc) is 2.52. The van der Waals surface area contributed by atoms with E-state index in [9.17, 15) is 4.79 Å². The van der Waals surface area contributed by atoms with Crippen molar-refractivity contribution in [1.82, 2.24) is 9.97 Å². The summed E-state index contributed by atoms with van der Waals surface area (Å²) in [5, 5.41) is 6.25. The molecule has 0 spiro atoms. The van der Waals surface area contributed by atoms with E-state index in [-0.39, 0.29) is 5.78 Å². The summed E-state index contributed by atoms with van der Waals surface area (Å²) in [6, 6.07) is 9.74. The third-order valence-corrected chi connectivity index (χ3v) is 3.55. The fourth-order valence-electron chi connectivity index (χ4n) is 1.96. The standard InChI is InChI=1S/C16H13BrN4O/c17-14-10-18-16(20-12-7-4-8-13(22)9-12)21-15(14)19-11-5-2-1-3-6-11/h1-7,9-10H,8H2,(H2,18,19,20,21). The zero-order valence-corrected chi connectivity index (χ0v) is 13.2. The van der Waals surface area contributed by atoms with Gasteiger partial charge in [0.15, 0.2) is 5.78 Å². The topological polar surface area (TPSA) is 66.9 Å². The van der Waals surface area contributed by atoms with Crippen molar-refractivity contribution in [2.45, 2.75) is 6.42 Å². The maximum absolute atomic E-state index is 11.4. The van der Waals surface area contributed by atoms with Gasteiger partial charge in [0, 0.05) is 30.1 Å². The molecule has 3 rings (SSSR count). The molecule has 0 atom stereocenters. The number of ketones is 1. The zero-order chi connectivity index (χ0) is 15.4. The highest BCUT2D eigenvalue weighted by Crippen LogP contribution is 2.24. The highest BCUT2D eigenvalue weighted by molar-refractivity contribution is 9.10. The molecule has 5 nitrogen and oxygen atoms in total. The van der Waals surface area contributed by atoms with Crippen LogP contribution in [0.15, 0.2) is 64.9 Å². The minimum Gasteiger partial charge on any atom is -0.339 e. The molecule has 0 aliphatic heterocycles. The van der Waals surface area contributed by atoms with Crippen LogP contribution in [0.25, 0.3) is 0 Å². The SMILES string of the molecule is O=C1C=C(Nc2ncc(Br)c(Nc3ccccc3)n2)C=CC1. The molecular weight excluding hydrogens is 344 g/mol. The van der Waals surface area contributed by atoms with Crippen molar-refractivity contribution in [2.24, 2.45) is 0 Å². The summed E-state index contributed by atoms with van der Waals surface area (Å²) in [5.74, 6) is 1.13. The fraction of sp³-hybridized carbons (Fsp3) is 0.0625. The number of carbonyl (C=O) groups excluding carboxylic acids is 1. The van der Waals surface area contributed by atoms with E-state index in [1.165, 1.54) is 0 Å². The number of allylic oxidation sites excluding steroid dienone is 3. The fourth-order valence-corrected chi connectivity index (χ4v) is 2.25. The Morgan fingerprint density at radius 2 is 1.95 bits per heavy atom. The number of carbonyl (C=O) groups is 1. The second-order valence-electron chi connectivity index (χ2n) is 4.68. The van der Waals surface area contributed by atoms with Crippen molar-refractivity contribution in [1.29, 1.82) is 0 Å². The van der Waals surface area contributed by atoms with Crippen LogP contribution in [0, 0.1) is 0 Å². The Hall–Kier alpha value is -2.47. The van der Waals surface area contributed by atoms with Gasteiger partial charge in [-0.2, -0.15) is 4.98 Å². The van der Waals surface area contributed by atoms with Crippen molar-refractivity contribution in [3.63, 3.8) is 0 Å². The van der Waals surface area contributed by atoms with Crippen LogP contribution in [0.4, 0.5) is 17.5 Å². The number of aromatic nitrogens is 2. The van der Waals surface area contributed by atoms with Gasteiger partial charge in [-0.15, -0.1) is 0 Å². The molecule has 1 aliphatic rings. The van der Waals surface area contributed by atoms with E-state index in [0.29, 0.717) is 23.9 Å². The molecule has 1 heterocycles. The second-order valence-corrected chi connectivity index (χ2v) is 5.53. The van der Waals surface area contributed by atoms with Gasteiger partial charge in [-0.05, 0) is 34.1 Å². The highest BCUT2D eigenvalue weighted by Gasteiger charge is 2.09. The summed E-state index contributed by atoms with van der Waals surface area (Å²) in [4.78, 5) is 20.0. The van der Waals surface area contributed by atoms with Gasteiger partial charge in [0.05, 0.1) is 4.47 Å². The summed E-state index contributed by atoms with van der Waals surface area (Å²) >= 11 is 3.42. The molecule has 2 aromatic rings. The van der Waals surface area contributed by atoms with Gasteiger partial charge in [0.2, 0.25) is 5.95 Å². The van der Waals surface area contributed by atoms with Crippen molar-refractivity contribution in [3.8, 4) is 0 Å². The molecule has 0 amide bonds. The summed E-state index contributed by atoms with van der Waals surface area (Å²) < 4.78 is 0.756. The summed E-state index contributed by atoms with van der Waals surface area (Å²) in [6.45, 7) is 0. The summed E-state index contributed by atoms with van der Waals surface area (Å²) in [7, 11) is 0. The van der Waals surface area contributed by atoms with Crippen LogP contribution in [0.3, 0.4) is 0 Å². The molecule has 1 aromatic heterocycles. The molecule has 0 fully saturated rings. The van der Waals surface area contributed by atoms with E-state index < -0.39 is 0 Å². The smallest absolute Gasteiger partial charge is 0.229 e. The van der Waals surface area contributed by atoms with E-state index in [4.69, 9.17) is 0 Å². The number of anilines is 3. The quantitative estimate of drug-likeness (QED) is 0.871. The molecule has 0 saturated carbocycles. The Morgan fingerprint density at radius 3 is 2.73 bits per heavy atom. The number of halogens is 1. The molecule has 110 valence electrons. The number of hydrogen-bond donors (Lipinski definition) is 2. The van der Waals surface area contributed by atoms with Gasteiger partial charge >= 0.3 is 0 Å². The maximum atomic E-state index is 11.4. The number of nitrogens with zero attached hydrogens (tertiary/aromatic N) is 2. The molecule has 0 radical (unpaired) electrons. The third kappa shape index (κ3) is 3.59. The summed E-state index contributed by atoms with van der Waals surface area (Å²) in [6.07, 6.45) is 7.31. The zero-order valence-electron chi connectivity index (χ0n) is 11.6. The maximum Gasteiger partial charge on any atom is 0.229 e. The average molecular weight is 357 g/mol. The Labute approximate surface area is 136 Å². The third-order valence-electron chi connectivity index (χ3n) is 2.97. The molecule has 6 heteroatoms. The molecule has 1 aromatic carbocycles. The Morgan fingerprint density at radius 1 is 1.14 bits per heavy atom. The van der Waals surface area contributed by atoms with Crippen LogP contribution in [-0.4, -0.2) is 15.8 Å². The molecule has 2 N–H and O–H groups in total. The minimum atomic E-state index is 0.0599. The summed E-state index contributed by atoms with van der Waals surface area (Å²) in [5.41, 5.74) is 1.61. The van der Waals surface area contributed by atoms with E-state index >= 15 is 0 Å². The van der Waals surface area contributed by atoms with Crippen molar-refractivity contribution in [3.05, 3.63) is 64.9 Å². The number of nitrogens with one attached hydrogen (secondary N) is 2. The molecule has 1 aliphatic carbocycles. The first-order valence-electron chi connectivity index (χ1n) is 6.73. The first-order valence-corrected chi connectivity index (χ1v) is 7.53. The molecule has 0 bridgehead atoms. The minimum absolute atomic E-state index is 0.0599. The number of hydrogen-bond acceptors (Lipinski definition) is 5. The van der Waals surface area contributed by atoms with Crippen LogP contribution in [-0.2, 0) is 4.79 Å². The molecule has 0 unspecified atom stereocenters. The van der Waals surface area contributed by atoms with Gasteiger partial charge in [0.1, 0.15) is 5.82 Å². The Kier molecular flexibility index (Phi) is 4.29. The highest BCUT2D eigenvalue weighted by atomic mass is 79.9. The number of benzene rings is 1. The van der Waals surface area contributed by atoms with Crippen molar-refractivity contribution in [2.75, 3.05) is 10.6 Å². The number of para-hydroxylation sites is 1. The van der Waals surface area contributed by atoms with Crippen LogP contribution in [0.5, 0.6) is 0 Å². The first kappa shape index (κ1) is 14.5. The van der Waals surface area contributed by atoms with Crippen LogP contribution >= 0.6 is 15.9 Å². The van der Waals surface area contributed by atoms with Gasteiger partial charge in [0.25, 0.3) is 0 Å². The van der Waals surface area contributed by atoms with Crippen LogP contribution in [0.1, 0.15) is 6.42 Å². The monoisotopic (exact) mass is 356 g/mol. The normalized spacial score (nSPS) is 13.7. The lowest BCUT2D eigenvalue weighted by Crippen LogP contribution is -2.08. The largest absolute Gasteiger partial charge is 0.339 e. The van der Waals surface area contributed by atoms with Crippen LogP contribution in [0.2, 0.25) is 0 Å². The Bertz CT molecular complexity index is 756.